The van der Waals surface area contributed by atoms with Crippen LogP contribution in [-0.2, 0) is 0 Å². The van der Waals surface area contributed by atoms with Crippen molar-refractivity contribution < 1.29 is 4.79 Å². The molecule has 7 heteroatoms. The number of pyridine rings is 1. The normalized spacial score (nSPS) is 14.4. The molecule has 0 unspecified atom stereocenters. The van der Waals surface area contributed by atoms with E-state index >= 15 is 0 Å². The highest BCUT2D eigenvalue weighted by molar-refractivity contribution is 7.17. The van der Waals surface area contributed by atoms with Gasteiger partial charge in [-0.05, 0) is 35.4 Å². The number of fused-ring (bicyclic) bond motifs is 1. The molecule has 1 fully saturated rings. The number of ketones is 1. The van der Waals surface area contributed by atoms with Crippen molar-refractivity contribution in [1.82, 2.24) is 9.88 Å². The molecule has 0 bridgehead atoms. The molecule has 1 aliphatic heterocycles. The van der Waals surface area contributed by atoms with Crippen LogP contribution < -0.4 is 4.90 Å². The molecule has 1 saturated heterocycles. The zero-order valence-electron chi connectivity index (χ0n) is 18.3. The van der Waals surface area contributed by atoms with E-state index in [1.54, 1.807) is 11.3 Å². The van der Waals surface area contributed by atoms with E-state index in [4.69, 9.17) is 4.98 Å². The van der Waals surface area contributed by atoms with Gasteiger partial charge in [-0.15, -0.1) is 36.2 Å². The van der Waals surface area contributed by atoms with E-state index in [1.807, 2.05) is 24.3 Å². The molecule has 0 spiro atoms. The summed E-state index contributed by atoms with van der Waals surface area (Å²) in [6.07, 6.45) is 0.590. The number of carbonyl (C=O) groups is 1. The van der Waals surface area contributed by atoms with Gasteiger partial charge in [0.1, 0.15) is 5.82 Å². The molecule has 4 rings (SSSR count). The van der Waals surface area contributed by atoms with Gasteiger partial charge in [-0.1, -0.05) is 45.0 Å². The van der Waals surface area contributed by atoms with Crippen molar-refractivity contribution in [2.75, 3.05) is 37.6 Å². The minimum atomic E-state index is 0. The Labute approximate surface area is 201 Å². The molecule has 3 aromatic rings. The second-order valence-electron chi connectivity index (χ2n) is 8.19. The van der Waals surface area contributed by atoms with Crippen molar-refractivity contribution >= 4 is 57.8 Å². The number of carbonyl (C=O) groups excluding carboxylic acids is 1. The lowest BCUT2D eigenvalue weighted by molar-refractivity contribution is 0.0968. The largest absolute Gasteiger partial charge is 0.353 e. The molecule has 0 amide bonds. The number of halogens is 2. The summed E-state index contributed by atoms with van der Waals surface area (Å²) in [5.74, 6) is 1.69. The third-order valence-corrected chi connectivity index (χ3v) is 6.56. The van der Waals surface area contributed by atoms with Crippen LogP contribution in [0.3, 0.4) is 0 Å². The quantitative estimate of drug-likeness (QED) is 0.395. The maximum Gasteiger partial charge on any atom is 0.163 e. The Kier molecular flexibility index (Phi) is 9.31. The van der Waals surface area contributed by atoms with E-state index in [-0.39, 0.29) is 30.6 Å². The summed E-state index contributed by atoms with van der Waals surface area (Å²) in [5.41, 5.74) is 2.83. The van der Waals surface area contributed by atoms with Crippen molar-refractivity contribution in [3.05, 3.63) is 47.3 Å². The molecule has 4 nitrogen and oxygen atoms in total. The summed E-state index contributed by atoms with van der Waals surface area (Å²) in [7, 11) is 0. The molecule has 31 heavy (non-hydrogen) atoms. The van der Waals surface area contributed by atoms with Gasteiger partial charge in [-0.3, -0.25) is 4.79 Å². The van der Waals surface area contributed by atoms with Crippen molar-refractivity contribution in [3.63, 3.8) is 0 Å². The fourth-order valence-electron chi connectivity index (χ4n) is 3.91. The van der Waals surface area contributed by atoms with Crippen molar-refractivity contribution in [2.24, 2.45) is 5.92 Å². The van der Waals surface area contributed by atoms with Gasteiger partial charge in [-0.2, -0.15) is 0 Å². The number of hydrogen-bond donors (Lipinski definition) is 0. The molecule has 0 saturated carbocycles. The summed E-state index contributed by atoms with van der Waals surface area (Å²) >= 11 is 1.77. The second-order valence-corrected chi connectivity index (χ2v) is 9.11. The monoisotopic (exact) mass is 479 g/mol. The topological polar surface area (TPSA) is 36.4 Å². The fraction of sp³-hybridized carbons (Fsp3) is 0.417. The van der Waals surface area contributed by atoms with Gasteiger partial charge < -0.3 is 9.80 Å². The number of nitrogens with zero attached hydrogens (tertiary/aromatic N) is 3. The van der Waals surface area contributed by atoms with Gasteiger partial charge >= 0.3 is 0 Å². The van der Waals surface area contributed by atoms with Gasteiger partial charge in [-0.25, -0.2) is 4.98 Å². The Bertz CT molecular complexity index is 996. The first-order valence-corrected chi connectivity index (χ1v) is 11.4. The Balaban J connectivity index is 0.00000171. The first-order valence-electron chi connectivity index (χ1n) is 10.5. The summed E-state index contributed by atoms with van der Waals surface area (Å²) in [6, 6.07) is 12.3. The fourth-order valence-corrected chi connectivity index (χ4v) is 4.81. The number of thiophene rings is 1. The third kappa shape index (κ3) is 5.78. The molecule has 2 aromatic heterocycles. The van der Waals surface area contributed by atoms with Gasteiger partial charge in [0.05, 0.1) is 10.4 Å². The molecule has 0 N–H and O–H groups in total. The van der Waals surface area contributed by atoms with Crippen LogP contribution >= 0.6 is 36.2 Å². The molecule has 1 aromatic carbocycles. The minimum Gasteiger partial charge on any atom is -0.353 e. The number of hydrogen-bond acceptors (Lipinski definition) is 5. The Hall–Kier alpha value is -1.66. The summed E-state index contributed by atoms with van der Waals surface area (Å²) < 4.78 is 1.27. The number of likely N-dealkylation sites (N-methyl/N-ethyl adjacent to an activating group) is 1. The van der Waals surface area contributed by atoms with Crippen molar-refractivity contribution in [3.8, 4) is 11.3 Å². The number of aromatic nitrogens is 1. The molecular weight excluding hydrogens is 449 g/mol. The van der Waals surface area contributed by atoms with Crippen molar-refractivity contribution in [1.29, 1.82) is 0 Å². The maximum absolute atomic E-state index is 12.3. The van der Waals surface area contributed by atoms with Crippen LogP contribution in [0.2, 0.25) is 0 Å². The summed E-state index contributed by atoms with van der Waals surface area (Å²) in [4.78, 5) is 22.3. The highest BCUT2D eigenvalue weighted by Gasteiger charge is 2.20. The lowest BCUT2D eigenvalue weighted by atomic mass is 9.99. The number of anilines is 1. The molecule has 3 heterocycles. The van der Waals surface area contributed by atoms with Crippen LogP contribution in [-0.4, -0.2) is 48.4 Å². The van der Waals surface area contributed by atoms with E-state index < -0.39 is 0 Å². The second kappa shape index (κ2) is 11.3. The van der Waals surface area contributed by atoms with Crippen molar-refractivity contribution in [2.45, 2.75) is 27.2 Å². The van der Waals surface area contributed by atoms with E-state index in [0.717, 1.165) is 55.4 Å². The van der Waals surface area contributed by atoms with Crippen LogP contribution in [0.5, 0.6) is 0 Å². The van der Waals surface area contributed by atoms with E-state index in [0.29, 0.717) is 12.3 Å². The standard InChI is InChI=1S/C24H29N3OS.2ClH/c1-4-26-10-12-27(13-11-26)24-23-20(9-14-29-23)16-21(25-24)18-5-7-19(8-6-18)22(28)15-17(2)3;;/h5-9,14,16-17H,4,10-13,15H2,1-3H3;2*1H. The Morgan fingerprint density at radius 2 is 1.74 bits per heavy atom. The average Bonchev–Trinajstić information content (AvgIpc) is 3.21. The number of Topliss-reactive ketones (excluding diaryl/α,β-unsaturated/α-hetero) is 1. The first kappa shape index (κ1) is 25.6. The molecule has 1 aliphatic rings. The summed E-state index contributed by atoms with van der Waals surface area (Å²) in [6.45, 7) is 11.7. The van der Waals surface area contributed by atoms with Crippen LogP contribution in [0.25, 0.3) is 21.3 Å². The number of benzene rings is 1. The van der Waals surface area contributed by atoms with Crippen LogP contribution in [0.1, 0.15) is 37.6 Å². The zero-order chi connectivity index (χ0) is 20.4. The molecule has 0 aliphatic carbocycles. The zero-order valence-corrected chi connectivity index (χ0v) is 20.8. The van der Waals surface area contributed by atoms with Crippen LogP contribution in [0.15, 0.2) is 41.8 Å². The van der Waals surface area contributed by atoms with E-state index in [9.17, 15) is 4.79 Å². The van der Waals surface area contributed by atoms with Crippen LogP contribution in [0, 0.1) is 5.92 Å². The van der Waals surface area contributed by atoms with E-state index in [1.165, 1.54) is 10.1 Å². The number of piperazine rings is 1. The van der Waals surface area contributed by atoms with E-state index in [2.05, 4.69) is 48.1 Å². The lowest BCUT2D eigenvalue weighted by Crippen LogP contribution is -2.46. The van der Waals surface area contributed by atoms with Gasteiger partial charge in [0.2, 0.25) is 0 Å². The third-order valence-electron chi connectivity index (χ3n) is 5.63. The van der Waals surface area contributed by atoms with Gasteiger partial charge in [0.15, 0.2) is 5.78 Å². The Morgan fingerprint density at radius 3 is 2.35 bits per heavy atom. The predicted octanol–water partition coefficient (Wildman–Crippen LogP) is 6.18. The highest BCUT2D eigenvalue weighted by atomic mass is 35.5. The van der Waals surface area contributed by atoms with Crippen LogP contribution in [0.4, 0.5) is 5.82 Å². The molecular formula is C24H31Cl2N3OS. The maximum atomic E-state index is 12.3. The SMILES string of the molecule is CCN1CCN(c2nc(-c3ccc(C(=O)CC(C)C)cc3)cc3ccsc23)CC1.Cl.Cl. The molecule has 0 atom stereocenters. The average molecular weight is 481 g/mol. The molecule has 0 radical (unpaired) electrons. The predicted molar refractivity (Wildman–Crippen MR) is 138 cm³/mol. The molecule has 168 valence electrons. The summed E-state index contributed by atoms with van der Waals surface area (Å²) in [5, 5.41) is 3.39. The number of rotatable bonds is 6. The lowest BCUT2D eigenvalue weighted by Gasteiger charge is -2.35. The van der Waals surface area contributed by atoms with Gasteiger partial charge in [0, 0.05) is 43.7 Å². The minimum absolute atomic E-state index is 0. The first-order chi connectivity index (χ1) is 14.0. The smallest absolute Gasteiger partial charge is 0.163 e. The van der Waals surface area contributed by atoms with Gasteiger partial charge in [0.25, 0.3) is 0 Å². The highest BCUT2D eigenvalue weighted by Crippen LogP contribution is 2.34. The Morgan fingerprint density at radius 1 is 1.06 bits per heavy atom.